The van der Waals surface area contributed by atoms with Crippen LogP contribution in [0.5, 0.6) is 0 Å². The lowest BCUT2D eigenvalue weighted by Crippen LogP contribution is -2.23. The minimum atomic E-state index is -0.0417. The summed E-state index contributed by atoms with van der Waals surface area (Å²) in [5.74, 6) is 0.400. The molecule has 1 aromatic heterocycles. The number of fused-ring (bicyclic) bond motifs is 1. The summed E-state index contributed by atoms with van der Waals surface area (Å²) < 4.78 is 1.54. The summed E-state index contributed by atoms with van der Waals surface area (Å²) in [6, 6.07) is 5.65. The van der Waals surface area contributed by atoms with Crippen LogP contribution in [-0.2, 0) is 6.54 Å². The number of hydrogen-bond acceptors (Lipinski definition) is 3. The van der Waals surface area contributed by atoms with Crippen molar-refractivity contribution in [2.45, 2.75) is 6.54 Å². The highest BCUT2D eigenvalue weighted by atomic mass is 35.5. The van der Waals surface area contributed by atoms with Crippen LogP contribution < -0.4 is 10.5 Å². The normalized spacial score (nSPS) is 10.8. The predicted octanol–water partition coefficient (Wildman–Crippen LogP) is 1.70. The number of aryl methyl sites for hydroxylation is 1. The molecule has 0 atom stereocenters. The maximum Gasteiger partial charge on any atom is 0.263 e. The number of anilines is 1. The molecule has 0 saturated carbocycles. The Morgan fingerprint density at radius 3 is 2.82 bits per heavy atom. The molecule has 0 bridgehead atoms. The molecule has 0 saturated heterocycles. The zero-order valence-corrected chi connectivity index (χ0v) is 10.6. The maximum absolute atomic E-state index is 12.3. The molecule has 0 aliphatic carbocycles. The Balaban J connectivity index is 2.77. The summed E-state index contributed by atoms with van der Waals surface area (Å²) >= 11 is 5.66. The van der Waals surface area contributed by atoms with Gasteiger partial charge in [-0.05, 0) is 12.1 Å². The van der Waals surface area contributed by atoms with E-state index in [4.69, 9.17) is 11.6 Å². The van der Waals surface area contributed by atoms with Gasteiger partial charge < -0.3 is 4.90 Å². The van der Waals surface area contributed by atoms with Gasteiger partial charge in [0.05, 0.1) is 22.9 Å². The van der Waals surface area contributed by atoms with Gasteiger partial charge in [-0.15, -0.1) is 11.6 Å². The summed E-state index contributed by atoms with van der Waals surface area (Å²) in [6.45, 7) is 0.477. The van der Waals surface area contributed by atoms with Gasteiger partial charge in [-0.25, -0.2) is 4.98 Å². The van der Waals surface area contributed by atoms with Gasteiger partial charge in [0, 0.05) is 26.5 Å². The van der Waals surface area contributed by atoms with Gasteiger partial charge in [-0.3, -0.25) is 9.36 Å². The Bertz CT molecular complexity index is 592. The fourth-order valence-corrected chi connectivity index (χ4v) is 1.99. The molecular weight excluding hydrogens is 238 g/mol. The zero-order valence-electron chi connectivity index (χ0n) is 9.85. The second-order valence-electron chi connectivity index (χ2n) is 4.00. The summed E-state index contributed by atoms with van der Waals surface area (Å²) in [4.78, 5) is 18.5. The van der Waals surface area contributed by atoms with Crippen molar-refractivity contribution in [3.05, 3.63) is 34.9 Å². The first-order valence-electron chi connectivity index (χ1n) is 5.36. The number of aromatic nitrogens is 2. The van der Waals surface area contributed by atoms with E-state index in [1.54, 1.807) is 10.9 Å². The fraction of sp³-hybridized carbons (Fsp3) is 0.333. The van der Waals surface area contributed by atoms with Crippen molar-refractivity contribution in [1.82, 2.24) is 9.55 Å². The lowest BCUT2D eigenvalue weighted by atomic mass is 10.2. The van der Waals surface area contributed by atoms with E-state index in [2.05, 4.69) is 4.98 Å². The second kappa shape index (κ2) is 4.75. The Morgan fingerprint density at radius 1 is 1.41 bits per heavy atom. The summed E-state index contributed by atoms with van der Waals surface area (Å²) in [5.41, 5.74) is 1.55. The lowest BCUT2D eigenvalue weighted by molar-refractivity contribution is 0.722. The first-order chi connectivity index (χ1) is 8.15. The summed E-state index contributed by atoms with van der Waals surface area (Å²) in [6.07, 6.45) is 1.55. The van der Waals surface area contributed by atoms with Crippen LogP contribution in [0.25, 0.3) is 10.9 Å². The highest BCUT2D eigenvalue weighted by Gasteiger charge is 2.09. The zero-order chi connectivity index (χ0) is 12.4. The number of nitrogens with zero attached hydrogens (tertiary/aromatic N) is 3. The molecule has 1 aromatic carbocycles. The molecular formula is C12H14ClN3O. The fourth-order valence-electron chi connectivity index (χ4n) is 1.81. The Kier molecular flexibility index (Phi) is 3.33. The average Bonchev–Trinajstić information content (AvgIpc) is 2.32. The van der Waals surface area contributed by atoms with Crippen LogP contribution in [0.2, 0.25) is 0 Å². The van der Waals surface area contributed by atoms with E-state index in [1.807, 2.05) is 37.2 Å². The minimum Gasteiger partial charge on any atom is -0.377 e. The molecule has 0 fully saturated rings. The van der Waals surface area contributed by atoms with E-state index in [9.17, 15) is 4.79 Å². The van der Waals surface area contributed by atoms with E-state index in [0.29, 0.717) is 23.3 Å². The molecule has 1 heterocycles. The van der Waals surface area contributed by atoms with E-state index < -0.39 is 0 Å². The SMILES string of the molecule is CN(C)c1cccc2ncn(CCCl)c(=O)c12. The van der Waals surface area contributed by atoms with Crippen LogP contribution >= 0.6 is 11.6 Å². The molecule has 4 nitrogen and oxygen atoms in total. The third-order valence-corrected chi connectivity index (χ3v) is 2.81. The number of hydrogen-bond donors (Lipinski definition) is 0. The van der Waals surface area contributed by atoms with Gasteiger partial charge in [0.15, 0.2) is 0 Å². The molecule has 90 valence electrons. The first-order valence-corrected chi connectivity index (χ1v) is 5.90. The molecule has 0 N–H and O–H groups in total. The van der Waals surface area contributed by atoms with Crippen LogP contribution in [0.4, 0.5) is 5.69 Å². The van der Waals surface area contributed by atoms with Gasteiger partial charge in [-0.2, -0.15) is 0 Å². The minimum absolute atomic E-state index is 0.0417. The van der Waals surface area contributed by atoms with Crippen molar-refractivity contribution in [1.29, 1.82) is 0 Å². The van der Waals surface area contributed by atoms with Crippen molar-refractivity contribution < 1.29 is 0 Å². The molecule has 0 unspecified atom stereocenters. The molecule has 0 spiro atoms. The molecule has 17 heavy (non-hydrogen) atoms. The Morgan fingerprint density at radius 2 is 2.18 bits per heavy atom. The third-order valence-electron chi connectivity index (χ3n) is 2.64. The monoisotopic (exact) mass is 251 g/mol. The van der Waals surface area contributed by atoms with Gasteiger partial charge in [0.2, 0.25) is 0 Å². The summed E-state index contributed by atoms with van der Waals surface area (Å²) in [7, 11) is 3.82. The van der Waals surface area contributed by atoms with Gasteiger partial charge in [-0.1, -0.05) is 6.07 Å². The van der Waals surface area contributed by atoms with Crippen LogP contribution in [-0.4, -0.2) is 29.5 Å². The Labute approximate surface area is 104 Å². The van der Waals surface area contributed by atoms with Crippen molar-refractivity contribution in [2.24, 2.45) is 0 Å². The Hall–Kier alpha value is -1.55. The highest BCUT2D eigenvalue weighted by molar-refractivity contribution is 6.17. The van der Waals surface area contributed by atoms with Crippen molar-refractivity contribution in [3.63, 3.8) is 0 Å². The van der Waals surface area contributed by atoms with Crippen LogP contribution in [0.1, 0.15) is 0 Å². The van der Waals surface area contributed by atoms with Crippen LogP contribution in [0.15, 0.2) is 29.3 Å². The lowest BCUT2D eigenvalue weighted by Gasteiger charge is -2.15. The smallest absolute Gasteiger partial charge is 0.263 e. The van der Waals surface area contributed by atoms with Crippen molar-refractivity contribution in [2.75, 3.05) is 24.9 Å². The quantitative estimate of drug-likeness (QED) is 0.780. The largest absolute Gasteiger partial charge is 0.377 e. The molecule has 5 heteroatoms. The second-order valence-corrected chi connectivity index (χ2v) is 4.38. The van der Waals surface area contributed by atoms with Crippen molar-refractivity contribution >= 4 is 28.2 Å². The number of benzene rings is 1. The first kappa shape index (κ1) is 11.9. The molecule has 0 aliphatic rings. The number of alkyl halides is 1. The predicted molar refractivity (Wildman–Crippen MR) is 71.1 cm³/mol. The maximum atomic E-state index is 12.3. The number of halogens is 1. The van der Waals surface area contributed by atoms with E-state index in [-0.39, 0.29) is 5.56 Å². The molecule has 0 aliphatic heterocycles. The van der Waals surface area contributed by atoms with Gasteiger partial charge in [0.25, 0.3) is 5.56 Å². The summed E-state index contributed by atoms with van der Waals surface area (Å²) in [5, 5.41) is 0.644. The van der Waals surface area contributed by atoms with E-state index in [1.165, 1.54) is 0 Å². The van der Waals surface area contributed by atoms with Crippen molar-refractivity contribution in [3.8, 4) is 0 Å². The highest BCUT2D eigenvalue weighted by Crippen LogP contribution is 2.20. The molecule has 0 amide bonds. The topological polar surface area (TPSA) is 38.1 Å². The van der Waals surface area contributed by atoms with E-state index in [0.717, 1.165) is 5.69 Å². The standard InChI is InChI=1S/C12H14ClN3O/c1-15(2)10-5-3-4-9-11(10)12(17)16(7-6-13)8-14-9/h3-5,8H,6-7H2,1-2H3. The molecule has 2 aromatic rings. The van der Waals surface area contributed by atoms with Gasteiger partial charge in [0.1, 0.15) is 0 Å². The average molecular weight is 252 g/mol. The number of rotatable bonds is 3. The van der Waals surface area contributed by atoms with Crippen LogP contribution in [0, 0.1) is 0 Å². The molecule has 2 rings (SSSR count). The third kappa shape index (κ3) is 2.13. The van der Waals surface area contributed by atoms with E-state index >= 15 is 0 Å². The van der Waals surface area contributed by atoms with Crippen LogP contribution in [0.3, 0.4) is 0 Å². The van der Waals surface area contributed by atoms with Gasteiger partial charge >= 0.3 is 0 Å². The molecule has 0 radical (unpaired) electrons.